The molecule has 254 valence electrons. The van der Waals surface area contributed by atoms with E-state index in [0.717, 1.165) is 56.0 Å². The zero-order valence-electron chi connectivity index (χ0n) is 29.2. The third kappa shape index (κ3) is 4.36. The molecule has 0 amide bonds. The van der Waals surface area contributed by atoms with Gasteiger partial charge in [-0.3, -0.25) is 13.5 Å². The Bertz CT molecular complexity index is 3010. The van der Waals surface area contributed by atoms with Crippen molar-refractivity contribution in [2.45, 2.75) is 0 Å². The standard InChI is InChI=1S/C47H32N6Si/c1-4-18-33(19-5-1)54(34-20-6-2-7-21-34,35-22-8-3-9-23-35)46-49-44(51-39-27-13-10-24-36(39)37-25-11-14-28-40(37)51)32-45(50-46)53-43-31-17-16-30-42(43)52-41-29-15-12-26-38(41)48-47(52)53/h1-32H. The fourth-order valence-corrected chi connectivity index (χ4v) is 12.9. The molecule has 7 aromatic carbocycles. The van der Waals surface area contributed by atoms with Crippen LogP contribution in [-0.2, 0) is 0 Å². The molecule has 0 aliphatic rings. The summed E-state index contributed by atoms with van der Waals surface area (Å²) in [6.07, 6.45) is 0. The fraction of sp³-hybridized carbons (Fsp3) is 0. The highest BCUT2D eigenvalue weighted by Gasteiger charge is 2.45. The lowest BCUT2D eigenvalue weighted by Crippen LogP contribution is -2.76. The van der Waals surface area contributed by atoms with Crippen molar-refractivity contribution in [1.82, 2.24) is 28.5 Å². The van der Waals surface area contributed by atoms with Crippen LogP contribution in [0.3, 0.4) is 0 Å². The maximum absolute atomic E-state index is 5.76. The molecule has 0 aliphatic heterocycles. The van der Waals surface area contributed by atoms with Gasteiger partial charge in [0.25, 0.3) is 0 Å². The zero-order chi connectivity index (χ0) is 35.6. The summed E-state index contributed by atoms with van der Waals surface area (Å²) in [5, 5.41) is 5.99. The minimum absolute atomic E-state index is 0.762. The molecule has 54 heavy (non-hydrogen) atoms. The topological polar surface area (TPSA) is 52.9 Å². The molecule has 7 heteroatoms. The summed E-state index contributed by atoms with van der Waals surface area (Å²) >= 11 is 0. The summed E-state index contributed by atoms with van der Waals surface area (Å²) in [5.41, 5.74) is 7.07. The van der Waals surface area contributed by atoms with Crippen LogP contribution in [0.2, 0.25) is 0 Å². The molecule has 0 atom stereocenters. The van der Waals surface area contributed by atoms with Crippen molar-refractivity contribution < 1.29 is 0 Å². The summed E-state index contributed by atoms with van der Waals surface area (Å²) in [6.45, 7) is 0. The Morgan fingerprint density at radius 2 is 0.778 bits per heavy atom. The van der Waals surface area contributed by atoms with Gasteiger partial charge in [-0.2, -0.15) is 0 Å². The van der Waals surface area contributed by atoms with E-state index in [1.54, 1.807) is 0 Å². The Morgan fingerprint density at radius 3 is 1.33 bits per heavy atom. The van der Waals surface area contributed by atoms with E-state index in [-0.39, 0.29) is 0 Å². The van der Waals surface area contributed by atoms with E-state index in [4.69, 9.17) is 15.0 Å². The number of imidazole rings is 2. The lowest BCUT2D eigenvalue weighted by Gasteiger charge is -2.32. The Morgan fingerprint density at radius 1 is 0.352 bits per heavy atom. The number of hydrogen-bond donors (Lipinski definition) is 0. The van der Waals surface area contributed by atoms with Crippen LogP contribution >= 0.6 is 0 Å². The van der Waals surface area contributed by atoms with E-state index >= 15 is 0 Å². The molecule has 0 spiro atoms. The lowest BCUT2D eigenvalue weighted by atomic mass is 10.2. The smallest absolute Gasteiger partial charge is 0.226 e. The summed E-state index contributed by atoms with van der Waals surface area (Å²) in [6, 6.07) is 68.9. The normalized spacial score (nSPS) is 12.1. The van der Waals surface area contributed by atoms with Crippen LogP contribution in [-0.4, -0.2) is 36.6 Å². The molecule has 11 aromatic rings. The van der Waals surface area contributed by atoms with Gasteiger partial charge in [0.2, 0.25) is 13.9 Å². The van der Waals surface area contributed by atoms with Gasteiger partial charge >= 0.3 is 0 Å². The molecule has 4 aromatic heterocycles. The van der Waals surface area contributed by atoms with Crippen LogP contribution < -0.4 is 21.0 Å². The lowest BCUT2D eigenvalue weighted by molar-refractivity contribution is 0.994. The average Bonchev–Trinajstić information content (AvgIpc) is 3.89. The number of fused-ring (bicyclic) bond motifs is 8. The molecule has 0 fully saturated rings. The predicted octanol–water partition coefficient (Wildman–Crippen LogP) is 7.70. The van der Waals surface area contributed by atoms with Crippen molar-refractivity contribution in [3.05, 3.63) is 194 Å². The highest BCUT2D eigenvalue weighted by atomic mass is 28.3. The van der Waals surface area contributed by atoms with Crippen LogP contribution in [0.15, 0.2) is 194 Å². The molecule has 0 N–H and O–H groups in total. The maximum atomic E-state index is 5.76. The molecular weight excluding hydrogens is 677 g/mol. The highest BCUT2D eigenvalue weighted by molar-refractivity contribution is 7.19. The summed E-state index contributed by atoms with van der Waals surface area (Å²) in [5.74, 6) is 2.37. The van der Waals surface area contributed by atoms with E-state index in [2.05, 4.69) is 202 Å². The van der Waals surface area contributed by atoms with Gasteiger partial charge in [-0.25, -0.2) is 15.0 Å². The first-order valence-electron chi connectivity index (χ1n) is 18.2. The van der Waals surface area contributed by atoms with E-state index in [0.29, 0.717) is 0 Å². The molecule has 4 heterocycles. The number of hydrogen-bond acceptors (Lipinski definition) is 3. The van der Waals surface area contributed by atoms with Gasteiger partial charge in [-0.1, -0.05) is 152 Å². The predicted molar refractivity (Wildman–Crippen MR) is 223 cm³/mol. The number of aromatic nitrogens is 6. The first-order chi connectivity index (χ1) is 26.8. The number of para-hydroxylation sites is 6. The molecule has 11 rings (SSSR count). The van der Waals surface area contributed by atoms with Gasteiger partial charge < -0.3 is 0 Å². The highest BCUT2D eigenvalue weighted by Crippen LogP contribution is 2.33. The molecule has 0 bridgehead atoms. The van der Waals surface area contributed by atoms with E-state index < -0.39 is 8.07 Å². The number of nitrogens with zero attached hydrogens (tertiary/aromatic N) is 6. The van der Waals surface area contributed by atoms with Crippen molar-refractivity contribution in [3.8, 4) is 11.6 Å². The Labute approximate surface area is 311 Å². The number of rotatable bonds is 6. The van der Waals surface area contributed by atoms with Gasteiger partial charge in [0.1, 0.15) is 17.1 Å². The molecule has 0 aliphatic carbocycles. The Hall–Kier alpha value is -7.09. The van der Waals surface area contributed by atoms with Gasteiger partial charge in [0.15, 0.2) is 0 Å². The summed E-state index contributed by atoms with van der Waals surface area (Å²) < 4.78 is 6.78. The molecule has 0 saturated heterocycles. The molecule has 0 saturated carbocycles. The van der Waals surface area contributed by atoms with Crippen molar-refractivity contribution in [2.24, 2.45) is 0 Å². The molecule has 0 radical (unpaired) electrons. The second-order valence-electron chi connectivity index (χ2n) is 13.7. The maximum Gasteiger partial charge on any atom is 0.226 e. The minimum atomic E-state index is -3.17. The second kappa shape index (κ2) is 12.0. The van der Waals surface area contributed by atoms with Crippen LogP contribution in [0.25, 0.3) is 61.3 Å². The first-order valence-corrected chi connectivity index (χ1v) is 20.2. The Kier molecular flexibility index (Phi) is 6.77. The van der Waals surface area contributed by atoms with Crippen molar-refractivity contribution in [3.63, 3.8) is 0 Å². The number of benzene rings is 7. The minimum Gasteiger partial charge on any atom is -0.294 e. The van der Waals surface area contributed by atoms with Gasteiger partial charge in [-0.15, -0.1) is 0 Å². The van der Waals surface area contributed by atoms with Crippen LogP contribution in [0.1, 0.15) is 0 Å². The van der Waals surface area contributed by atoms with Crippen LogP contribution in [0.4, 0.5) is 0 Å². The zero-order valence-corrected chi connectivity index (χ0v) is 30.2. The first kappa shape index (κ1) is 30.5. The SMILES string of the molecule is c1ccc([Si](c2ccccc2)(c2ccccc2)c2nc(-n3c4ccccc4c4ccccc43)cc(-n3c4ccccc4n4c5ccccc5nc34)n2)cc1. The van der Waals surface area contributed by atoms with E-state index in [1.807, 2.05) is 6.07 Å². The summed E-state index contributed by atoms with van der Waals surface area (Å²) in [7, 11) is -3.17. The van der Waals surface area contributed by atoms with Crippen LogP contribution in [0.5, 0.6) is 0 Å². The summed E-state index contributed by atoms with van der Waals surface area (Å²) in [4.78, 5) is 16.8. The third-order valence-electron chi connectivity index (χ3n) is 10.8. The monoisotopic (exact) mass is 708 g/mol. The molecule has 6 nitrogen and oxygen atoms in total. The van der Waals surface area contributed by atoms with Crippen molar-refractivity contribution in [2.75, 3.05) is 0 Å². The average molecular weight is 709 g/mol. The molecule has 0 unspecified atom stereocenters. The Balaban J connectivity index is 1.34. The largest absolute Gasteiger partial charge is 0.294 e. The van der Waals surface area contributed by atoms with Crippen LogP contribution in [0, 0.1) is 0 Å². The van der Waals surface area contributed by atoms with E-state index in [9.17, 15) is 0 Å². The van der Waals surface area contributed by atoms with Crippen molar-refractivity contribution in [1.29, 1.82) is 0 Å². The molecular formula is C47H32N6Si. The van der Waals surface area contributed by atoms with E-state index in [1.165, 1.54) is 26.3 Å². The van der Waals surface area contributed by atoms with Gasteiger partial charge in [-0.05, 0) is 52.0 Å². The van der Waals surface area contributed by atoms with Gasteiger partial charge in [0.05, 0.1) is 33.1 Å². The third-order valence-corrected chi connectivity index (χ3v) is 15.3. The second-order valence-corrected chi connectivity index (χ2v) is 17.4. The fourth-order valence-electron chi connectivity index (χ4n) is 8.52. The van der Waals surface area contributed by atoms with Gasteiger partial charge in [0, 0.05) is 16.8 Å². The van der Waals surface area contributed by atoms with Crippen molar-refractivity contribution >= 4 is 78.7 Å². The quantitative estimate of drug-likeness (QED) is 0.132.